The van der Waals surface area contributed by atoms with Gasteiger partial charge in [0, 0.05) is 10.0 Å². The Hall–Kier alpha value is -1.13. The number of benzene rings is 1. The molecule has 1 aromatic carbocycles. The molecule has 4 heteroatoms. The fraction of sp³-hybridized carbons (Fsp3) is 0.0909. The zero-order valence-corrected chi connectivity index (χ0v) is 9.42. The molecule has 0 aliphatic carbocycles. The van der Waals surface area contributed by atoms with Gasteiger partial charge in [0.05, 0.1) is 6.54 Å². The van der Waals surface area contributed by atoms with Gasteiger partial charge in [0.15, 0.2) is 0 Å². The maximum absolute atomic E-state index is 13.0. The van der Waals surface area contributed by atoms with Crippen molar-refractivity contribution in [2.45, 2.75) is 6.54 Å². The SMILES string of the molecule is NCc1ccc(-c2cc(F)ccc2Br)o1. The third-order valence-corrected chi connectivity index (χ3v) is 2.75. The Balaban J connectivity index is 2.48. The highest BCUT2D eigenvalue weighted by Gasteiger charge is 2.08. The first-order valence-corrected chi connectivity index (χ1v) is 5.24. The van der Waals surface area contributed by atoms with Crippen LogP contribution in [0.3, 0.4) is 0 Å². The number of nitrogens with two attached hydrogens (primary N) is 1. The molecular weight excluding hydrogens is 261 g/mol. The van der Waals surface area contributed by atoms with E-state index in [-0.39, 0.29) is 5.82 Å². The lowest BCUT2D eigenvalue weighted by molar-refractivity contribution is 0.524. The maximum atomic E-state index is 13.0. The Kier molecular flexibility index (Phi) is 2.88. The number of rotatable bonds is 2. The van der Waals surface area contributed by atoms with Crippen LogP contribution in [-0.4, -0.2) is 0 Å². The minimum absolute atomic E-state index is 0.293. The van der Waals surface area contributed by atoms with Crippen LogP contribution in [0.2, 0.25) is 0 Å². The van der Waals surface area contributed by atoms with Crippen LogP contribution in [0.5, 0.6) is 0 Å². The van der Waals surface area contributed by atoms with Gasteiger partial charge in [-0.25, -0.2) is 4.39 Å². The average molecular weight is 270 g/mol. The van der Waals surface area contributed by atoms with E-state index in [0.29, 0.717) is 23.6 Å². The van der Waals surface area contributed by atoms with Crippen molar-refractivity contribution in [2.75, 3.05) is 0 Å². The van der Waals surface area contributed by atoms with E-state index in [1.54, 1.807) is 18.2 Å². The van der Waals surface area contributed by atoms with E-state index in [1.807, 2.05) is 0 Å². The monoisotopic (exact) mass is 269 g/mol. The Morgan fingerprint density at radius 1 is 1.27 bits per heavy atom. The summed E-state index contributed by atoms with van der Waals surface area (Å²) in [6.07, 6.45) is 0. The highest BCUT2D eigenvalue weighted by atomic mass is 79.9. The second-order valence-electron chi connectivity index (χ2n) is 3.09. The van der Waals surface area contributed by atoms with Gasteiger partial charge in [-0.15, -0.1) is 0 Å². The van der Waals surface area contributed by atoms with Gasteiger partial charge in [-0.2, -0.15) is 0 Å². The first kappa shape index (κ1) is 10.4. The normalized spacial score (nSPS) is 10.6. The average Bonchev–Trinajstić information content (AvgIpc) is 2.70. The Morgan fingerprint density at radius 3 is 2.73 bits per heavy atom. The molecule has 0 aliphatic rings. The summed E-state index contributed by atoms with van der Waals surface area (Å²) in [5.41, 5.74) is 6.12. The second-order valence-corrected chi connectivity index (χ2v) is 3.95. The summed E-state index contributed by atoms with van der Waals surface area (Å²) in [6, 6.07) is 8.02. The first-order chi connectivity index (χ1) is 7.20. The molecular formula is C11H9BrFNO. The van der Waals surface area contributed by atoms with Gasteiger partial charge >= 0.3 is 0 Å². The minimum atomic E-state index is -0.293. The van der Waals surface area contributed by atoms with Crippen molar-refractivity contribution in [3.8, 4) is 11.3 Å². The Labute approximate surface area is 95.0 Å². The minimum Gasteiger partial charge on any atom is -0.460 e. The molecule has 0 fully saturated rings. The molecule has 0 saturated carbocycles. The van der Waals surface area contributed by atoms with Gasteiger partial charge in [-0.3, -0.25) is 0 Å². The molecule has 0 spiro atoms. The topological polar surface area (TPSA) is 39.2 Å². The van der Waals surface area contributed by atoms with E-state index in [2.05, 4.69) is 15.9 Å². The summed E-state index contributed by atoms with van der Waals surface area (Å²) >= 11 is 3.34. The Morgan fingerprint density at radius 2 is 2.07 bits per heavy atom. The van der Waals surface area contributed by atoms with Gasteiger partial charge in [-0.1, -0.05) is 15.9 Å². The van der Waals surface area contributed by atoms with E-state index < -0.39 is 0 Å². The number of furan rings is 1. The van der Waals surface area contributed by atoms with Crippen LogP contribution >= 0.6 is 15.9 Å². The fourth-order valence-corrected chi connectivity index (χ4v) is 1.76. The Bertz CT molecular complexity index is 481. The van der Waals surface area contributed by atoms with E-state index >= 15 is 0 Å². The van der Waals surface area contributed by atoms with E-state index in [1.165, 1.54) is 12.1 Å². The lowest BCUT2D eigenvalue weighted by atomic mass is 10.2. The zero-order valence-electron chi connectivity index (χ0n) is 7.84. The molecule has 0 bridgehead atoms. The highest BCUT2D eigenvalue weighted by molar-refractivity contribution is 9.10. The van der Waals surface area contributed by atoms with Crippen LogP contribution in [0.15, 0.2) is 39.2 Å². The van der Waals surface area contributed by atoms with Gasteiger partial charge in [-0.05, 0) is 30.3 Å². The summed E-state index contributed by atoms with van der Waals surface area (Å²) in [4.78, 5) is 0. The maximum Gasteiger partial charge on any atom is 0.135 e. The van der Waals surface area contributed by atoms with Crippen molar-refractivity contribution in [2.24, 2.45) is 5.73 Å². The van der Waals surface area contributed by atoms with Crippen LogP contribution in [0, 0.1) is 5.82 Å². The molecule has 1 aromatic heterocycles. The van der Waals surface area contributed by atoms with Crippen molar-refractivity contribution in [1.82, 2.24) is 0 Å². The largest absolute Gasteiger partial charge is 0.460 e. The summed E-state index contributed by atoms with van der Waals surface area (Å²) < 4.78 is 19.3. The quantitative estimate of drug-likeness (QED) is 0.909. The number of hydrogen-bond donors (Lipinski definition) is 1. The molecule has 0 aliphatic heterocycles. The molecule has 2 rings (SSSR count). The molecule has 0 saturated heterocycles. The molecule has 1 heterocycles. The smallest absolute Gasteiger partial charge is 0.135 e. The fourth-order valence-electron chi connectivity index (χ4n) is 1.32. The van der Waals surface area contributed by atoms with Crippen molar-refractivity contribution >= 4 is 15.9 Å². The van der Waals surface area contributed by atoms with Gasteiger partial charge in [0.1, 0.15) is 17.3 Å². The summed E-state index contributed by atoms with van der Waals surface area (Å²) in [7, 11) is 0. The zero-order chi connectivity index (χ0) is 10.8. The van der Waals surface area contributed by atoms with Crippen LogP contribution in [0.4, 0.5) is 4.39 Å². The van der Waals surface area contributed by atoms with Crippen LogP contribution in [-0.2, 0) is 6.54 Å². The summed E-state index contributed by atoms with van der Waals surface area (Å²) in [6.45, 7) is 0.340. The van der Waals surface area contributed by atoms with Crippen molar-refractivity contribution in [1.29, 1.82) is 0 Å². The molecule has 0 unspecified atom stereocenters. The van der Waals surface area contributed by atoms with Crippen molar-refractivity contribution in [3.05, 3.63) is 46.4 Å². The first-order valence-electron chi connectivity index (χ1n) is 4.45. The lowest BCUT2D eigenvalue weighted by Crippen LogP contribution is -1.92. The second kappa shape index (κ2) is 4.16. The molecule has 2 aromatic rings. The molecule has 0 atom stereocenters. The van der Waals surface area contributed by atoms with E-state index in [4.69, 9.17) is 10.2 Å². The standard InChI is InChI=1S/C11H9BrFNO/c12-10-3-1-7(13)5-9(10)11-4-2-8(6-14)15-11/h1-5H,6,14H2. The third-order valence-electron chi connectivity index (χ3n) is 2.06. The van der Waals surface area contributed by atoms with E-state index in [0.717, 1.165) is 4.47 Å². The predicted molar refractivity (Wildman–Crippen MR) is 59.7 cm³/mol. The molecule has 2 nitrogen and oxygen atoms in total. The molecule has 15 heavy (non-hydrogen) atoms. The van der Waals surface area contributed by atoms with E-state index in [9.17, 15) is 4.39 Å². The molecule has 78 valence electrons. The van der Waals surface area contributed by atoms with Crippen LogP contribution < -0.4 is 5.73 Å². The van der Waals surface area contributed by atoms with Crippen molar-refractivity contribution < 1.29 is 8.81 Å². The number of hydrogen-bond acceptors (Lipinski definition) is 2. The molecule has 2 N–H and O–H groups in total. The van der Waals surface area contributed by atoms with Crippen molar-refractivity contribution in [3.63, 3.8) is 0 Å². The van der Waals surface area contributed by atoms with Gasteiger partial charge in [0.25, 0.3) is 0 Å². The van der Waals surface area contributed by atoms with Gasteiger partial charge < -0.3 is 10.2 Å². The molecule has 0 radical (unpaired) electrons. The van der Waals surface area contributed by atoms with Crippen LogP contribution in [0.25, 0.3) is 11.3 Å². The number of halogens is 2. The third kappa shape index (κ3) is 2.11. The van der Waals surface area contributed by atoms with Gasteiger partial charge in [0.2, 0.25) is 0 Å². The predicted octanol–water partition coefficient (Wildman–Crippen LogP) is 3.31. The summed E-state index contributed by atoms with van der Waals surface area (Å²) in [5.74, 6) is 1.00. The van der Waals surface area contributed by atoms with Crippen LogP contribution in [0.1, 0.15) is 5.76 Å². The lowest BCUT2D eigenvalue weighted by Gasteiger charge is -2.00. The highest BCUT2D eigenvalue weighted by Crippen LogP contribution is 2.30. The summed E-state index contributed by atoms with van der Waals surface area (Å²) in [5, 5.41) is 0. The molecule has 0 amide bonds.